The molecule has 170 valence electrons. The van der Waals surface area contributed by atoms with E-state index in [2.05, 4.69) is 5.32 Å². The van der Waals surface area contributed by atoms with Crippen LogP contribution in [0.15, 0.2) is 48.5 Å². The van der Waals surface area contributed by atoms with Gasteiger partial charge in [0, 0.05) is 48.2 Å². The molecular formula is C24H27Cl2N3O3. The van der Waals surface area contributed by atoms with Crippen molar-refractivity contribution in [2.75, 3.05) is 26.2 Å². The number of carbonyl (C=O) groups excluding carboxylic acids is 3. The third-order valence-corrected chi connectivity index (χ3v) is 5.70. The van der Waals surface area contributed by atoms with E-state index in [0.717, 1.165) is 5.56 Å². The largest absolute Gasteiger partial charge is 0.341 e. The average Bonchev–Trinajstić information content (AvgIpc) is 2.76. The van der Waals surface area contributed by atoms with Gasteiger partial charge in [-0.3, -0.25) is 14.4 Å². The first-order valence-corrected chi connectivity index (χ1v) is 11.4. The highest BCUT2D eigenvalue weighted by Crippen LogP contribution is 2.22. The number of nitrogens with one attached hydrogen (secondary N) is 1. The fourth-order valence-electron chi connectivity index (χ4n) is 3.70. The lowest BCUT2D eigenvalue weighted by atomic mass is 10.0. The second-order valence-corrected chi connectivity index (χ2v) is 9.16. The van der Waals surface area contributed by atoms with Gasteiger partial charge in [0.05, 0.1) is 0 Å². The molecule has 1 N–H and O–H groups in total. The number of benzene rings is 2. The number of carbonyl (C=O) groups is 3. The molecular weight excluding hydrogens is 449 g/mol. The summed E-state index contributed by atoms with van der Waals surface area (Å²) >= 11 is 12.0. The second kappa shape index (κ2) is 10.8. The molecule has 1 aliphatic rings. The number of hydrogen-bond donors (Lipinski definition) is 1. The van der Waals surface area contributed by atoms with Gasteiger partial charge < -0.3 is 15.1 Å². The molecule has 0 radical (unpaired) electrons. The van der Waals surface area contributed by atoms with Crippen LogP contribution in [0.3, 0.4) is 0 Å². The van der Waals surface area contributed by atoms with Gasteiger partial charge in [0.1, 0.15) is 6.04 Å². The van der Waals surface area contributed by atoms with Crippen LogP contribution in [0.25, 0.3) is 0 Å². The highest BCUT2D eigenvalue weighted by atomic mass is 35.5. The summed E-state index contributed by atoms with van der Waals surface area (Å²) in [5, 5.41) is 3.69. The quantitative estimate of drug-likeness (QED) is 0.680. The fourth-order valence-corrected chi connectivity index (χ4v) is 4.22. The van der Waals surface area contributed by atoms with Crippen molar-refractivity contribution in [3.05, 3.63) is 69.7 Å². The normalized spacial score (nSPS) is 14.9. The summed E-state index contributed by atoms with van der Waals surface area (Å²) in [5.74, 6) is -0.317. The number of rotatable bonds is 6. The summed E-state index contributed by atoms with van der Waals surface area (Å²) in [7, 11) is 0. The van der Waals surface area contributed by atoms with Crippen molar-refractivity contribution >= 4 is 40.9 Å². The third-order valence-electron chi connectivity index (χ3n) is 5.27. The molecule has 0 spiro atoms. The van der Waals surface area contributed by atoms with Crippen molar-refractivity contribution in [1.82, 2.24) is 15.1 Å². The van der Waals surface area contributed by atoms with E-state index in [4.69, 9.17) is 23.2 Å². The predicted octanol–water partition coefficient (Wildman–Crippen LogP) is 4.18. The standard InChI is InChI=1S/C24H27Cl2N3O3/c1-16(2)12-21(30)27-22(17-6-4-3-5-7-17)24(32)29-10-8-28(9-11-29)23(31)18-13-19(25)15-20(26)14-18/h3-7,13-16,22H,8-12H2,1-2H3,(H,27,30). The lowest BCUT2D eigenvalue weighted by molar-refractivity contribution is -0.138. The molecule has 8 heteroatoms. The zero-order valence-corrected chi connectivity index (χ0v) is 19.7. The van der Waals surface area contributed by atoms with Gasteiger partial charge in [-0.05, 0) is 29.7 Å². The third kappa shape index (κ3) is 6.24. The van der Waals surface area contributed by atoms with Gasteiger partial charge in [0.2, 0.25) is 11.8 Å². The number of amides is 3. The van der Waals surface area contributed by atoms with E-state index in [1.807, 2.05) is 44.2 Å². The molecule has 32 heavy (non-hydrogen) atoms. The fraction of sp³-hybridized carbons (Fsp3) is 0.375. The number of halogens is 2. The summed E-state index contributed by atoms with van der Waals surface area (Å²) in [6.07, 6.45) is 0.348. The van der Waals surface area contributed by atoms with Gasteiger partial charge in [-0.25, -0.2) is 0 Å². The zero-order valence-electron chi connectivity index (χ0n) is 18.2. The Balaban J connectivity index is 1.68. The van der Waals surface area contributed by atoms with Crippen molar-refractivity contribution in [2.24, 2.45) is 5.92 Å². The van der Waals surface area contributed by atoms with E-state index in [9.17, 15) is 14.4 Å². The Bertz CT molecular complexity index is 953. The maximum absolute atomic E-state index is 13.3. The lowest BCUT2D eigenvalue weighted by Gasteiger charge is -2.36. The van der Waals surface area contributed by atoms with Crippen LogP contribution in [-0.2, 0) is 9.59 Å². The van der Waals surface area contributed by atoms with Crippen LogP contribution in [0.2, 0.25) is 10.0 Å². The molecule has 0 bridgehead atoms. The van der Waals surface area contributed by atoms with Crippen LogP contribution in [0.5, 0.6) is 0 Å². The van der Waals surface area contributed by atoms with Crippen molar-refractivity contribution in [1.29, 1.82) is 0 Å². The second-order valence-electron chi connectivity index (χ2n) is 8.28. The Morgan fingerprint density at radius 2 is 1.47 bits per heavy atom. The minimum absolute atomic E-state index is 0.158. The van der Waals surface area contributed by atoms with E-state index in [1.165, 1.54) is 0 Å². The molecule has 1 aliphatic heterocycles. The smallest absolute Gasteiger partial charge is 0.254 e. The van der Waals surface area contributed by atoms with Crippen LogP contribution in [0, 0.1) is 5.92 Å². The van der Waals surface area contributed by atoms with Crippen molar-refractivity contribution in [2.45, 2.75) is 26.3 Å². The van der Waals surface area contributed by atoms with Gasteiger partial charge in [0.15, 0.2) is 0 Å². The molecule has 2 aromatic carbocycles. The Hall–Kier alpha value is -2.57. The molecule has 1 saturated heterocycles. The molecule has 0 aromatic heterocycles. The molecule has 1 atom stereocenters. The van der Waals surface area contributed by atoms with Gasteiger partial charge in [0.25, 0.3) is 5.91 Å². The van der Waals surface area contributed by atoms with E-state index in [-0.39, 0.29) is 23.6 Å². The predicted molar refractivity (Wildman–Crippen MR) is 126 cm³/mol. The molecule has 6 nitrogen and oxygen atoms in total. The highest BCUT2D eigenvalue weighted by molar-refractivity contribution is 6.35. The molecule has 0 aliphatic carbocycles. The first kappa shape index (κ1) is 24.1. The average molecular weight is 476 g/mol. The van der Waals surface area contributed by atoms with Crippen molar-refractivity contribution in [3.63, 3.8) is 0 Å². The number of piperazine rings is 1. The number of nitrogens with zero attached hydrogens (tertiary/aromatic N) is 2. The Kier molecular flexibility index (Phi) is 8.15. The minimum atomic E-state index is -0.753. The Labute approximate surface area is 198 Å². The summed E-state index contributed by atoms with van der Waals surface area (Å²) < 4.78 is 0. The van der Waals surface area contributed by atoms with Crippen LogP contribution in [0.1, 0.15) is 42.2 Å². The Morgan fingerprint density at radius 3 is 2.03 bits per heavy atom. The van der Waals surface area contributed by atoms with Crippen LogP contribution in [-0.4, -0.2) is 53.7 Å². The van der Waals surface area contributed by atoms with Gasteiger partial charge >= 0.3 is 0 Å². The minimum Gasteiger partial charge on any atom is -0.341 e. The first-order chi connectivity index (χ1) is 15.2. The van der Waals surface area contributed by atoms with E-state index in [0.29, 0.717) is 48.2 Å². The summed E-state index contributed by atoms with van der Waals surface area (Å²) in [5.41, 5.74) is 1.16. The topological polar surface area (TPSA) is 69.7 Å². The molecule has 3 rings (SSSR count). The molecule has 0 saturated carbocycles. The van der Waals surface area contributed by atoms with E-state index < -0.39 is 6.04 Å². The molecule has 1 heterocycles. The maximum Gasteiger partial charge on any atom is 0.254 e. The van der Waals surface area contributed by atoms with E-state index in [1.54, 1.807) is 28.0 Å². The monoisotopic (exact) mass is 475 g/mol. The van der Waals surface area contributed by atoms with Crippen LogP contribution < -0.4 is 5.32 Å². The summed E-state index contributed by atoms with van der Waals surface area (Å²) in [6.45, 7) is 5.45. The van der Waals surface area contributed by atoms with Gasteiger partial charge in [-0.2, -0.15) is 0 Å². The molecule has 1 unspecified atom stereocenters. The zero-order chi connectivity index (χ0) is 23.3. The van der Waals surface area contributed by atoms with Crippen molar-refractivity contribution < 1.29 is 14.4 Å². The van der Waals surface area contributed by atoms with E-state index >= 15 is 0 Å². The van der Waals surface area contributed by atoms with Crippen LogP contribution >= 0.6 is 23.2 Å². The van der Waals surface area contributed by atoms with Crippen molar-refractivity contribution in [3.8, 4) is 0 Å². The highest BCUT2D eigenvalue weighted by Gasteiger charge is 2.31. The Morgan fingerprint density at radius 1 is 0.906 bits per heavy atom. The number of hydrogen-bond acceptors (Lipinski definition) is 3. The maximum atomic E-state index is 13.3. The molecule has 2 aromatic rings. The van der Waals surface area contributed by atoms with Crippen LogP contribution in [0.4, 0.5) is 0 Å². The summed E-state index contributed by atoms with van der Waals surface area (Å²) in [4.78, 5) is 42.0. The molecule has 3 amide bonds. The van der Waals surface area contributed by atoms with Gasteiger partial charge in [-0.1, -0.05) is 67.4 Å². The first-order valence-electron chi connectivity index (χ1n) is 10.6. The van der Waals surface area contributed by atoms with Gasteiger partial charge in [-0.15, -0.1) is 0 Å². The SMILES string of the molecule is CC(C)CC(=O)NC(C(=O)N1CCN(C(=O)c2cc(Cl)cc(Cl)c2)CC1)c1ccccc1. The summed E-state index contributed by atoms with van der Waals surface area (Å²) in [6, 6.07) is 13.2. The molecule has 1 fully saturated rings. The lowest BCUT2D eigenvalue weighted by Crippen LogP contribution is -2.53.